The van der Waals surface area contributed by atoms with Crippen LogP contribution >= 0.6 is 0 Å². The lowest BCUT2D eigenvalue weighted by Gasteiger charge is -2.39. The number of nitrogens with zero attached hydrogens (tertiary/aromatic N) is 2. The number of allylic oxidation sites excluding steroid dienone is 1. The summed E-state index contributed by atoms with van der Waals surface area (Å²) in [5.41, 5.74) is 6.25. The van der Waals surface area contributed by atoms with Gasteiger partial charge >= 0.3 is 0 Å². The number of carbonyl (C=O) groups is 1. The first kappa shape index (κ1) is 22.1. The number of nitrogens with two attached hydrogens (primary N) is 1. The summed E-state index contributed by atoms with van der Waals surface area (Å²) < 4.78 is 28.7. The number of fused-ring (bicyclic) bond motifs is 1. The number of hydrogen-bond donors (Lipinski definition) is 4. The summed E-state index contributed by atoms with van der Waals surface area (Å²) in [6, 6.07) is 7.95. The fourth-order valence-corrected chi connectivity index (χ4v) is 4.38. The lowest BCUT2D eigenvalue weighted by molar-refractivity contribution is -0.123. The molecular weight excluding hydrogens is 414 g/mol. The molecule has 9 heteroatoms. The van der Waals surface area contributed by atoms with Crippen LogP contribution in [0.5, 0.6) is 0 Å². The van der Waals surface area contributed by atoms with Crippen molar-refractivity contribution in [3.05, 3.63) is 48.4 Å². The van der Waals surface area contributed by atoms with Gasteiger partial charge < -0.3 is 21.7 Å². The largest absolute Gasteiger partial charge is 0.369 e. The minimum absolute atomic E-state index is 0.137. The quantitative estimate of drug-likeness (QED) is 0.570. The zero-order valence-corrected chi connectivity index (χ0v) is 18.2. The second-order valence-corrected chi connectivity index (χ2v) is 8.66. The number of likely N-dealkylation sites (N-methyl/N-ethyl adjacent to an activating group) is 1. The number of nitrogens with one attached hydrogen (secondary N) is 3. The van der Waals surface area contributed by atoms with Crippen molar-refractivity contribution in [2.24, 2.45) is 16.1 Å². The average molecular weight is 443 g/mol. The van der Waals surface area contributed by atoms with Crippen molar-refractivity contribution in [1.29, 1.82) is 0 Å². The van der Waals surface area contributed by atoms with E-state index in [0.29, 0.717) is 30.9 Å². The number of primary amides is 1. The highest BCUT2D eigenvalue weighted by molar-refractivity contribution is 6.14. The second kappa shape index (κ2) is 8.46. The predicted molar refractivity (Wildman–Crippen MR) is 121 cm³/mol. The number of alkyl halides is 2. The summed E-state index contributed by atoms with van der Waals surface area (Å²) in [7, 11) is 1.54. The maximum atomic E-state index is 14.4. The number of rotatable bonds is 5. The minimum Gasteiger partial charge on any atom is -0.369 e. The van der Waals surface area contributed by atoms with Crippen molar-refractivity contribution in [2.75, 3.05) is 12.4 Å². The molecule has 2 heterocycles. The Kier molecular flexibility index (Phi) is 5.85. The van der Waals surface area contributed by atoms with E-state index >= 15 is 0 Å². The maximum absolute atomic E-state index is 14.4. The first-order chi connectivity index (χ1) is 15.2. The number of pyridine rings is 1. The van der Waals surface area contributed by atoms with Gasteiger partial charge in [0.15, 0.2) is 0 Å². The number of aliphatic imine (C=N–C) groups is 1. The van der Waals surface area contributed by atoms with E-state index in [-0.39, 0.29) is 6.42 Å². The number of carbonyl (C=O) groups excluding carboxylic acids is 1. The molecule has 0 spiro atoms. The van der Waals surface area contributed by atoms with Gasteiger partial charge in [-0.05, 0) is 63.6 Å². The Morgan fingerprint density at radius 1 is 1.28 bits per heavy atom. The average Bonchev–Trinajstić information content (AvgIpc) is 2.75. The fraction of sp³-hybridized carbons (Fsp3) is 0.435. The van der Waals surface area contributed by atoms with Crippen LogP contribution in [0, 0.1) is 5.41 Å². The van der Waals surface area contributed by atoms with Gasteiger partial charge in [0, 0.05) is 29.7 Å². The van der Waals surface area contributed by atoms with Gasteiger partial charge in [-0.3, -0.25) is 9.78 Å². The normalized spacial score (nSPS) is 27.4. The number of aromatic nitrogens is 1. The van der Waals surface area contributed by atoms with Crippen molar-refractivity contribution in [3.8, 4) is 0 Å². The molecule has 32 heavy (non-hydrogen) atoms. The molecule has 2 aromatic rings. The zero-order chi connectivity index (χ0) is 22.9. The molecule has 170 valence electrons. The number of anilines is 1. The highest BCUT2D eigenvalue weighted by Crippen LogP contribution is 2.35. The number of benzene rings is 1. The van der Waals surface area contributed by atoms with E-state index in [1.165, 1.54) is 0 Å². The van der Waals surface area contributed by atoms with Crippen molar-refractivity contribution >= 4 is 28.3 Å². The molecule has 0 radical (unpaired) electrons. The van der Waals surface area contributed by atoms with Gasteiger partial charge in [-0.1, -0.05) is 6.07 Å². The zero-order valence-electron chi connectivity index (χ0n) is 18.2. The first-order valence-corrected chi connectivity index (χ1v) is 10.8. The fourth-order valence-electron chi connectivity index (χ4n) is 4.38. The molecule has 1 aliphatic heterocycles. The third kappa shape index (κ3) is 4.17. The van der Waals surface area contributed by atoms with Crippen LogP contribution in [-0.2, 0) is 4.79 Å². The van der Waals surface area contributed by atoms with E-state index in [9.17, 15) is 13.6 Å². The van der Waals surface area contributed by atoms with Crippen LogP contribution in [0.25, 0.3) is 10.9 Å². The molecule has 2 unspecified atom stereocenters. The van der Waals surface area contributed by atoms with Crippen LogP contribution in [0.3, 0.4) is 0 Å². The van der Waals surface area contributed by atoms with E-state index in [2.05, 4.69) is 25.9 Å². The smallest absolute Gasteiger partial charge is 0.265 e. The van der Waals surface area contributed by atoms with Crippen LogP contribution < -0.4 is 21.7 Å². The van der Waals surface area contributed by atoms with Gasteiger partial charge in [-0.2, -0.15) is 0 Å². The third-order valence-corrected chi connectivity index (χ3v) is 6.40. The van der Waals surface area contributed by atoms with Crippen molar-refractivity contribution in [2.45, 2.75) is 50.6 Å². The van der Waals surface area contributed by atoms with Crippen LogP contribution in [0.2, 0.25) is 0 Å². The van der Waals surface area contributed by atoms with E-state index in [1.54, 1.807) is 26.2 Å². The molecule has 1 saturated carbocycles. The van der Waals surface area contributed by atoms with E-state index < -0.39 is 29.3 Å². The van der Waals surface area contributed by atoms with Gasteiger partial charge in [0.1, 0.15) is 17.1 Å². The number of hydrogen-bond acceptors (Lipinski definition) is 6. The standard InChI is InChI=1S/C23H28F2N6O/c1-22(20(26)32)11-9-18(30-17-6-3-10-23(24,25)19(17)27-2)31-21(22)29-15-7-8-16-14(13-15)5-4-12-28-16/h4-5,7-9,12-13,17,19,27,30H,3,6,10-11H2,1-2H3,(H2,26,32)(H,29,31)/t17?,19-,22?/m1/s1. The monoisotopic (exact) mass is 442 g/mol. The van der Waals surface area contributed by atoms with Crippen molar-refractivity contribution < 1.29 is 13.6 Å². The molecule has 0 saturated heterocycles. The van der Waals surface area contributed by atoms with Gasteiger partial charge in [-0.25, -0.2) is 13.8 Å². The molecular formula is C23H28F2N6O. The van der Waals surface area contributed by atoms with E-state index in [1.807, 2.05) is 30.3 Å². The summed E-state index contributed by atoms with van der Waals surface area (Å²) in [6.07, 6.45) is 4.67. The Balaban J connectivity index is 1.61. The number of amides is 1. The minimum atomic E-state index is -2.80. The molecule has 2 aliphatic rings. The van der Waals surface area contributed by atoms with Crippen LogP contribution in [0.15, 0.2) is 53.4 Å². The maximum Gasteiger partial charge on any atom is 0.265 e. The Bertz CT molecular complexity index is 1090. The van der Waals surface area contributed by atoms with Crippen LogP contribution in [0.4, 0.5) is 14.5 Å². The highest BCUT2D eigenvalue weighted by atomic mass is 19.3. The lowest BCUT2D eigenvalue weighted by atomic mass is 9.82. The number of halogens is 2. The highest BCUT2D eigenvalue weighted by Gasteiger charge is 2.47. The molecule has 1 aromatic carbocycles. The Hall–Kier alpha value is -3.07. The van der Waals surface area contributed by atoms with Crippen LogP contribution in [-0.4, -0.2) is 41.8 Å². The summed E-state index contributed by atoms with van der Waals surface area (Å²) in [5, 5.41) is 10.1. The summed E-state index contributed by atoms with van der Waals surface area (Å²) in [5.74, 6) is -2.48. The Labute approximate surface area is 185 Å². The summed E-state index contributed by atoms with van der Waals surface area (Å²) in [4.78, 5) is 21.2. The molecule has 1 amide bonds. The molecule has 0 bridgehead atoms. The Morgan fingerprint density at radius 3 is 2.84 bits per heavy atom. The Morgan fingerprint density at radius 2 is 2.09 bits per heavy atom. The van der Waals surface area contributed by atoms with Crippen LogP contribution in [0.1, 0.15) is 32.6 Å². The van der Waals surface area contributed by atoms with Gasteiger partial charge in [0.25, 0.3) is 5.92 Å². The molecule has 5 N–H and O–H groups in total. The summed E-state index contributed by atoms with van der Waals surface area (Å²) >= 11 is 0. The number of amidine groups is 1. The molecule has 4 rings (SSSR count). The van der Waals surface area contributed by atoms with Crippen molar-refractivity contribution in [3.63, 3.8) is 0 Å². The summed E-state index contributed by atoms with van der Waals surface area (Å²) in [6.45, 7) is 1.72. The SMILES string of the molecule is CN[C@@H]1C(NC2=CCC(C)(C(N)=O)C(Nc3ccc4ncccc4c3)=N2)CCCC1(F)F. The molecule has 7 nitrogen and oxygen atoms in total. The second-order valence-electron chi connectivity index (χ2n) is 8.66. The van der Waals surface area contributed by atoms with E-state index in [4.69, 9.17) is 5.73 Å². The first-order valence-electron chi connectivity index (χ1n) is 10.8. The molecule has 1 aliphatic carbocycles. The molecule has 1 aromatic heterocycles. The van der Waals surface area contributed by atoms with Gasteiger partial charge in [0.2, 0.25) is 5.91 Å². The third-order valence-electron chi connectivity index (χ3n) is 6.40. The lowest BCUT2D eigenvalue weighted by Crippen LogP contribution is -2.58. The molecule has 3 atom stereocenters. The van der Waals surface area contributed by atoms with Gasteiger partial charge in [0.05, 0.1) is 11.6 Å². The van der Waals surface area contributed by atoms with Gasteiger partial charge in [-0.15, -0.1) is 0 Å². The molecule has 1 fully saturated rings. The topological polar surface area (TPSA) is 104 Å². The predicted octanol–water partition coefficient (Wildman–Crippen LogP) is 3.15. The van der Waals surface area contributed by atoms with Crippen molar-refractivity contribution in [1.82, 2.24) is 15.6 Å². The van der Waals surface area contributed by atoms with E-state index in [0.717, 1.165) is 16.6 Å².